The van der Waals surface area contributed by atoms with Crippen LogP contribution in [-0.4, -0.2) is 28.3 Å². The van der Waals surface area contributed by atoms with Gasteiger partial charge in [0.2, 0.25) is 0 Å². The van der Waals surface area contributed by atoms with Crippen LogP contribution in [0.25, 0.3) is 0 Å². The van der Waals surface area contributed by atoms with E-state index in [2.05, 4.69) is 29.1 Å². The van der Waals surface area contributed by atoms with Crippen LogP contribution >= 0.6 is 11.8 Å². The normalized spacial score (nSPS) is 12.6. The third-order valence-corrected chi connectivity index (χ3v) is 3.59. The monoisotopic (exact) mass is 253 g/mol. The molecule has 17 heavy (non-hydrogen) atoms. The summed E-state index contributed by atoms with van der Waals surface area (Å²) in [6.07, 6.45) is 8.66. The Morgan fingerprint density at radius 1 is 1.41 bits per heavy atom. The molecule has 0 radical (unpaired) electrons. The van der Waals surface area contributed by atoms with Gasteiger partial charge in [0.25, 0.3) is 0 Å². The second-order valence-electron chi connectivity index (χ2n) is 4.25. The van der Waals surface area contributed by atoms with Gasteiger partial charge in [0, 0.05) is 24.5 Å². The van der Waals surface area contributed by atoms with E-state index in [0.717, 1.165) is 17.3 Å². The minimum absolute atomic E-state index is 0.632. The molecule has 1 aromatic heterocycles. The lowest BCUT2D eigenvalue weighted by Gasteiger charge is -2.12. The number of rotatable bonds is 9. The first-order chi connectivity index (χ1) is 8.33. The van der Waals surface area contributed by atoms with E-state index in [9.17, 15) is 0 Å². The number of nitrogens with one attached hydrogen (secondary N) is 1. The first-order valence-electron chi connectivity index (χ1n) is 6.45. The molecule has 96 valence electrons. The maximum absolute atomic E-state index is 4.18. The Bertz CT molecular complexity index is 279. The summed E-state index contributed by atoms with van der Waals surface area (Å²) in [5.74, 6) is 1.06. The molecule has 0 aliphatic carbocycles. The zero-order chi connectivity index (χ0) is 12.3. The first kappa shape index (κ1) is 14.5. The molecule has 1 unspecified atom stereocenters. The van der Waals surface area contributed by atoms with Gasteiger partial charge in [0.1, 0.15) is 6.33 Å². The molecule has 1 aromatic rings. The number of unbranched alkanes of at least 4 members (excludes halogenated alkanes) is 2. The lowest BCUT2D eigenvalue weighted by Crippen LogP contribution is -2.28. The number of thioether (sulfide) groups is 1. The lowest BCUT2D eigenvalue weighted by molar-refractivity contribution is 0.502. The summed E-state index contributed by atoms with van der Waals surface area (Å²) >= 11 is 1.78. The van der Waals surface area contributed by atoms with E-state index in [0.29, 0.717) is 6.04 Å². The minimum atomic E-state index is 0.632. The van der Waals surface area contributed by atoms with E-state index in [4.69, 9.17) is 0 Å². The van der Waals surface area contributed by atoms with Crippen molar-refractivity contribution in [3.8, 4) is 0 Å². The summed E-state index contributed by atoms with van der Waals surface area (Å²) in [4.78, 5) is 8.08. The van der Waals surface area contributed by atoms with E-state index >= 15 is 0 Å². The fourth-order valence-corrected chi connectivity index (χ4v) is 2.34. The number of aromatic nitrogens is 2. The molecule has 1 atom stereocenters. The molecule has 1 N–H and O–H groups in total. The Morgan fingerprint density at radius 2 is 2.29 bits per heavy atom. The third-order valence-electron chi connectivity index (χ3n) is 2.64. The van der Waals surface area contributed by atoms with Crippen LogP contribution in [0.3, 0.4) is 0 Å². The van der Waals surface area contributed by atoms with Gasteiger partial charge in [-0.15, -0.1) is 11.8 Å². The van der Waals surface area contributed by atoms with Gasteiger partial charge in [-0.05, 0) is 19.4 Å². The zero-order valence-electron chi connectivity index (χ0n) is 10.9. The fourth-order valence-electron chi connectivity index (χ4n) is 1.63. The SMILES string of the molecule is CCCCCC(C)NCCSc1ccncn1. The van der Waals surface area contributed by atoms with Crippen LogP contribution in [0.2, 0.25) is 0 Å². The van der Waals surface area contributed by atoms with Crippen molar-refractivity contribution in [2.45, 2.75) is 50.6 Å². The zero-order valence-corrected chi connectivity index (χ0v) is 11.7. The van der Waals surface area contributed by atoms with Crippen LogP contribution in [0.5, 0.6) is 0 Å². The van der Waals surface area contributed by atoms with Crippen molar-refractivity contribution < 1.29 is 0 Å². The van der Waals surface area contributed by atoms with Gasteiger partial charge in [-0.3, -0.25) is 0 Å². The molecule has 3 nitrogen and oxygen atoms in total. The van der Waals surface area contributed by atoms with Crippen LogP contribution in [0.15, 0.2) is 23.6 Å². The van der Waals surface area contributed by atoms with Crippen molar-refractivity contribution in [3.05, 3.63) is 18.6 Å². The minimum Gasteiger partial charge on any atom is -0.313 e. The van der Waals surface area contributed by atoms with Gasteiger partial charge in [-0.25, -0.2) is 9.97 Å². The van der Waals surface area contributed by atoms with E-state index in [-0.39, 0.29) is 0 Å². The summed E-state index contributed by atoms with van der Waals surface area (Å²) in [5.41, 5.74) is 0. The van der Waals surface area contributed by atoms with Gasteiger partial charge >= 0.3 is 0 Å². The first-order valence-corrected chi connectivity index (χ1v) is 7.43. The summed E-state index contributed by atoms with van der Waals surface area (Å²) < 4.78 is 0. The van der Waals surface area contributed by atoms with Crippen molar-refractivity contribution >= 4 is 11.8 Å². The molecule has 0 fully saturated rings. The maximum Gasteiger partial charge on any atom is 0.116 e. The Hall–Kier alpha value is -0.610. The third kappa shape index (κ3) is 7.34. The average molecular weight is 253 g/mol. The van der Waals surface area contributed by atoms with Crippen LogP contribution in [0, 0.1) is 0 Å². The molecular formula is C13H23N3S. The molecular weight excluding hydrogens is 230 g/mol. The topological polar surface area (TPSA) is 37.8 Å². The quantitative estimate of drug-likeness (QED) is 0.417. The molecule has 0 aromatic carbocycles. The average Bonchev–Trinajstić information content (AvgIpc) is 2.36. The predicted molar refractivity (Wildman–Crippen MR) is 74.4 cm³/mol. The van der Waals surface area contributed by atoms with Crippen LogP contribution < -0.4 is 5.32 Å². The van der Waals surface area contributed by atoms with Crippen molar-refractivity contribution in [2.75, 3.05) is 12.3 Å². The summed E-state index contributed by atoms with van der Waals surface area (Å²) in [7, 11) is 0. The van der Waals surface area contributed by atoms with Crippen molar-refractivity contribution in [3.63, 3.8) is 0 Å². The predicted octanol–water partition coefficient (Wildman–Crippen LogP) is 3.13. The van der Waals surface area contributed by atoms with Gasteiger partial charge < -0.3 is 5.32 Å². The van der Waals surface area contributed by atoms with Crippen LogP contribution in [0.1, 0.15) is 39.5 Å². The molecule has 0 saturated carbocycles. The highest BCUT2D eigenvalue weighted by Gasteiger charge is 2.00. The molecule has 1 rings (SSSR count). The number of hydrogen-bond acceptors (Lipinski definition) is 4. The summed E-state index contributed by atoms with van der Waals surface area (Å²) in [5, 5.41) is 4.60. The Morgan fingerprint density at radius 3 is 3.00 bits per heavy atom. The highest BCUT2D eigenvalue weighted by Crippen LogP contribution is 2.12. The van der Waals surface area contributed by atoms with E-state index in [1.165, 1.54) is 25.7 Å². The number of nitrogens with zero attached hydrogens (tertiary/aromatic N) is 2. The highest BCUT2D eigenvalue weighted by atomic mass is 32.2. The second-order valence-corrected chi connectivity index (χ2v) is 5.36. The molecule has 0 spiro atoms. The van der Waals surface area contributed by atoms with Gasteiger partial charge in [0.15, 0.2) is 0 Å². The summed E-state index contributed by atoms with van der Waals surface area (Å²) in [6, 6.07) is 2.59. The van der Waals surface area contributed by atoms with Gasteiger partial charge in [-0.2, -0.15) is 0 Å². The highest BCUT2D eigenvalue weighted by molar-refractivity contribution is 7.99. The standard InChI is InChI=1S/C13H23N3S/c1-3-4-5-6-12(2)15-9-10-17-13-7-8-14-11-16-13/h7-8,11-12,15H,3-6,9-10H2,1-2H3. The van der Waals surface area contributed by atoms with Crippen molar-refractivity contribution in [1.29, 1.82) is 0 Å². The van der Waals surface area contributed by atoms with Crippen molar-refractivity contribution in [1.82, 2.24) is 15.3 Å². The summed E-state index contributed by atoms with van der Waals surface area (Å²) in [6.45, 7) is 5.56. The van der Waals surface area contributed by atoms with Gasteiger partial charge in [-0.1, -0.05) is 26.2 Å². The molecule has 0 aliphatic heterocycles. The molecule has 0 aliphatic rings. The van der Waals surface area contributed by atoms with E-state index in [1.807, 2.05) is 6.07 Å². The van der Waals surface area contributed by atoms with Crippen LogP contribution in [-0.2, 0) is 0 Å². The molecule has 4 heteroatoms. The molecule has 0 bridgehead atoms. The molecule has 0 saturated heterocycles. The van der Waals surface area contributed by atoms with E-state index < -0.39 is 0 Å². The Kier molecular flexibility index (Phi) is 8.01. The largest absolute Gasteiger partial charge is 0.313 e. The Balaban J connectivity index is 2.00. The second kappa shape index (κ2) is 9.42. The van der Waals surface area contributed by atoms with Crippen LogP contribution in [0.4, 0.5) is 0 Å². The molecule has 0 amide bonds. The van der Waals surface area contributed by atoms with Crippen molar-refractivity contribution in [2.24, 2.45) is 0 Å². The lowest BCUT2D eigenvalue weighted by atomic mass is 10.1. The van der Waals surface area contributed by atoms with E-state index in [1.54, 1.807) is 24.3 Å². The fraction of sp³-hybridized carbons (Fsp3) is 0.692. The maximum atomic E-state index is 4.18. The van der Waals surface area contributed by atoms with Gasteiger partial charge in [0.05, 0.1) is 5.03 Å². The molecule has 1 heterocycles. The smallest absolute Gasteiger partial charge is 0.116 e. The Labute approximate surface area is 109 Å². The number of hydrogen-bond donors (Lipinski definition) is 1.